The molecule has 0 amide bonds. The minimum Gasteiger partial charge on any atom is -0.478 e. The fourth-order valence-corrected chi connectivity index (χ4v) is 3.10. The van der Waals surface area contributed by atoms with Gasteiger partial charge in [-0.05, 0) is 42.3 Å². The van der Waals surface area contributed by atoms with Gasteiger partial charge in [0, 0.05) is 5.75 Å². The molecule has 21 heavy (non-hydrogen) atoms. The summed E-state index contributed by atoms with van der Waals surface area (Å²) < 4.78 is 0. The minimum absolute atomic E-state index is 0.324. The van der Waals surface area contributed by atoms with Gasteiger partial charge in [-0.15, -0.1) is 0 Å². The molecule has 3 aromatic rings. The number of carbonyl (C=O) groups is 1. The van der Waals surface area contributed by atoms with E-state index in [1.807, 2.05) is 37.3 Å². The van der Waals surface area contributed by atoms with Crippen LogP contribution >= 0.6 is 11.8 Å². The highest BCUT2D eigenvalue weighted by Crippen LogP contribution is 2.24. The van der Waals surface area contributed by atoms with Crippen LogP contribution in [0, 0.1) is 6.92 Å². The molecule has 0 atom stereocenters. The van der Waals surface area contributed by atoms with E-state index in [-0.39, 0.29) is 0 Å². The smallest absolute Gasteiger partial charge is 0.335 e. The molecular weight excluding hydrogens is 284 g/mol. The standard InChI is InChI=1S/C16H14N2O2S/c1-10-8-11(15(19)20)6-7-12(10)9-21-16-17-13-4-2-3-5-14(13)18-16/h2-8H,9H2,1H3,(H,17,18)(H,19,20). The summed E-state index contributed by atoms with van der Waals surface area (Å²) >= 11 is 1.61. The minimum atomic E-state index is -0.894. The average Bonchev–Trinajstić information content (AvgIpc) is 2.88. The van der Waals surface area contributed by atoms with Crippen LogP contribution in [-0.4, -0.2) is 21.0 Å². The Kier molecular flexibility index (Phi) is 3.66. The molecule has 4 nitrogen and oxygen atoms in total. The number of aromatic amines is 1. The molecule has 3 rings (SSSR count). The Morgan fingerprint density at radius 2 is 2.10 bits per heavy atom. The second-order valence-electron chi connectivity index (χ2n) is 4.79. The van der Waals surface area contributed by atoms with E-state index >= 15 is 0 Å². The Bertz CT molecular complexity index is 778. The largest absolute Gasteiger partial charge is 0.478 e. The maximum atomic E-state index is 10.9. The number of carboxylic acids is 1. The molecule has 5 heteroatoms. The number of benzene rings is 2. The molecule has 0 radical (unpaired) electrons. The first-order valence-corrected chi connectivity index (χ1v) is 7.52. The summed E-state index contributed by atoms with van der Waals surface area (Å²) in [6.07, 6.45) is 0. The maximum Gasteiger partial charge on any atom is 0.335 e. The topological polar surface area (TPSA) is 66.0 Å². The molecule has 0 saturated heterocycles. The van der Waals surface area contributed by atoms with Crippen molar-refractivity contribution >= 4 is 28.8 Å². The fourth-order valence-electron chi connectivity index (χ4n) is 2.13. The molecule has 0 spiro atoms. The van der Waals surface area contributed by atoms with Crippen LogP contribution < -0.4 is 0 Å². The highest BCUT2D eigenvalue weighted by molar-refractivity contribution is 7.98. The van der Waals surface area contributed by atoms with Crippen LogP contribution in [0.15, 0.2) is 47.6 Å². The normalized spacial score (nSPS) is 10.9. The predicted octanol–water partition coefficient (Wildman–Crippen LogP) is 3.86. The average molecular weight is 298 g/mol. The number of carboxylic acid groups (broad SMARTS) is 1. The lowest BCUT2D eigenvalue weighted by atomic mass is 10.1. The van der Waals surface area contributed by atoms with Gasteiger partial charge in [0.1, 0.15) is 0 Å². The number of aryl methyl sites for hydroxylation is 1. The van der Waals surface area contributed by atoms with Gasteiger partial charge < -0.3 is 10.1 Å². The van der Waals surface area contributed by atoms with Crippen molar-refractivity contribution in [1.82, 2.24) is 9.97 Å². The number of fused-ring (bicyclic) bond motifs is 1. The Morgan fingerprint density at radius 3 is 2.81 bits per heavy atom. The van der Waals surface area contributed by atoms with Gasteiger partial charge in [-0.2, -0.15) is 0 Å². The maximum absolute atomic E-state index is 10.9. The molecule has 0 bridgehead atoms. The summed E-state index contributed by atoms with van der Waals surface area (Å²) in [5.41, 5.74) is 4.41. The van der Waals surface area contributed by atoms with Crippen LogP contribution in [0.25, 0.3) is 11.0 Å². The van der Waals surface area contributed by atoms with E-state index in [1.54, 1.807) is 23.9 Å². The Hall–Kier alpha value is -2.27. The van der Waals surface area contributed by atoms with Crippen LogP contribution in [0.5, 0.6) is 0 Å². The molecule has 0 aliphatic heterocycles. The van der Waals surface area contributed by atoms with Crippen molar-refractivity contribution < 1.29 is 9.90 Å². The van der Waals surface area contributed by atoms with Crippen molar-refractivity contribution in [3.63, 3.8) is 0 Å². The quantitative estimate of drug-likeness (QED) is 0.718. The Morgan fingerprint density at radius 1 is 1.29 bits per heavy atom. The number of nitrogens with one attached hydrogen (secondary N) is 1. The van der Waals surface area contributed by atoms with Gasteiger partial charge in [0.2, 0.25) is 0 Å². The van der Waals surface area contributed by atoms with Crippen molar-refractivity contribution in [2.24, 2.45) is 0 Å². The highest BCUT2D eigenvalue weighted by atomic mass is 32.2. The summed E-state index contributed by atoms with van der Waals surface area (Å²) in [4.78, 5) is 18.7. The second kappa shape index (κ2) is 5.61. The summed E-state index contributed by atoms with van der Waals surface area (Å²) in [5.74, 6) is -0.138. The third kappa shape index (κ3) is 2.92. The number of aromatic nitrogens is 2. The zero-order valence-electron chi connectivity index (χ0n) is 11.5. The molecular formula is C16H14N2O2S. The molecule has 2 N–H and O–H groups in total. The van der Waals surface area contributed by atoms with E-state index in [0.717, 1.165) is 33.1 Å². The first-order valence-electron chi connectivity index (χ1n) is 6.54. The van der Waals surface area contributed by atoms with E-state index in [9.17, 15) is 4.79 Å². The molecule has 0 fully saturated rings. The van der Waals surface area contributed by atoms with Crippen LogP contribution in [0.2, 0.25) is 0 Å². The Balaban J connectivity index is 1.76. The first kappa shape index (κ1) is 13.7. The van der Waals surface area contributed by atoms with Crippen LogP contribution in [0.1, 0.15) is 21.5 Å². The van der Waals surface area contributed by atoms with Crippen molar-refractivity contribution in [3.05, 3.63) is 59.2 Å². The third-order valence-corrected chi connectivity index (χ3v) is 4.24. The van der Waals surface area contributed by atoms with E-state index in [1.165, 1.54) is 0 Å². The van der Waals surface area contributed by atoms with E-state index < -0.39 is 5.97 Å². The third-order valence-electron chi connectivity index (χ3n) is 3.32. The zero-order chi connectivity index (χ0) is 14.8. The van der Waals surface area contributed by atoms with Gasteiger partial charge in [0.05, 0.1) is 16.6 Å². The number of aromatic carboxylic acids is 1. The summed E-state index contributed by atoms with van der Waals surface area (Å²) in [6.45, 7) is 1.93. The summed E-state index contributed by atoms with van der Waals surface area (Å²) in [7, 11) is 0. The van der Waals surface area contributed by atoms with Crippen LogP contribution in [-0.2, 0) is 5.75 Å². The number of imidazole rings is 1. The molecule has 106 valence electrons. The van der Waals surface area contributed by atoms with Crippen LogP contribution in [0.4, 0.5) is 0 Å². The number of thioether (sulfide) groups is 1. The van der Waals surface area contributed by atoms with Gasteiger partial charge >= 0.3 is 5.97 Å². The lowest BCUT2D eigenvalue weighted by Crippen LogP contribution is -1.98. The molecule has 1 aromatic heterocycles. The van der Waals surface area contributed by atoms with Crippen molar-refractivity contribution in [3.8, 4) is 0 Å². The predicted molar refractivity (Wildman–Crippen MR) is 83.8 cm³/mol. The van der Waals surface area contributed by atoms with E-state index in [4.69, 9.17) is 5.11 Å². The van der Waals surface area contributed by atoms with Gasteiger partial charge in [-0.3, -0.25) is 0 Å². The SMILES string of the molecule is Cc1cc(C(=O)O)ccc1CSc1nc2ccccc2[nH]1. The monoisotopic (exact) mass is 298 g/mol. The van der Waals surface area contributed by atoms with Gasteiger partial charge in [-0.25, -0.2) is 9.78 Å². The zero-order valence-corrected chi connectivity index (χ0v) is 12.3. The lowest BCUT2D eigenvalue weighted by Gasteiger charge is -2.05. The second-order valence-corrected chi connectivity index (χ2v) is 5.76. The van der Waals surface area contributed by atoms with Crippen molar-refractivity contribution in [1.29, 1.82) is 0 Å². The molecule has 1 heterocycles. The van der Waals surface area contributed by atoms with E-state index in [2.05, 4.69) is 9.97 Å². The molecule has 2 aromatic carbocycles. The number of H-pyrrole nitrogens is 1. The van der Waals surface area contributed by atoms with Crippen molar-refractivity contribution in [2.75, 3.05) is 0 Å². The number of rotatable bonds is 4. The number of hydrogen-bond acceptors (Lipinski definition) is 3. The van der Waals surface area contributed by atoms with E-state index in [0.29, 0.717) is 5.56 Å². The number of hydrogen-bond donors (Lipinski definition) is 2. The van der Waals surface area contributed by atoms with Gasteiger partial charge in [0.15, 0.2) is 5.16 Å². The van der Waals surface area contributed by atoms with Crippen molar-refractivity contribution in [2.45, 2.75) is 17.8 Å². The fraction of sp³-hybridized carbons (Fsp3) is 0.125. The molecule has 0 aliphatic rings. The Labute approximate surface area is 126 Å². The molecule has 0 aliphatic carbocycles. The first-order chi connectivity index (χ1) is 10.1. The number of nitrogens with zero attached hydrogens (tertiary/aromatic N) is 1. The lowest BCUT2D eigenvalue weighted by molar-refractivity contribution is 0.0697. The molecule has 0 saturated carbocycles. The van der Waals surface area contributed by atoms with Gasteiger partial charge in [0.25, 0.3) is 0 Å². The summed E-state index contributed by atoms with van der Waals surface area (Å²) in [5, 5.41) is 9.84. The number of para-hydroxylation sites is 2. The van der Waals surface area contributed by atoms with Gasteiger partial charge in [-0.1, -0.05) is 30.0 Å². The van der Waals surface area contributed by atoms with Crippen LogP contribution in [0.3, 0.4) is 0 Å². The molecule has 0 unspecified atom stereocenters. The summed E-state index contributed by atoms with van der Waals surface area (Å²) in [6, 6.07) is 13.1. The highest BCUT2D eigenvalue weighted by Gasteiger charge is 2.08.